The highest BCUT2D eigenvalue weighted by Gasteiger charge is 2.42. The van der Waals surface area contributed by atoms with Gasteiger partial charge in [-0.3, -0.25) is 9.59 Å². The van der Waals surface area contributed by atoms with Crippen LogP contribution in [0.3, 0.4) is 0 Å². The maximum absolute atomic E-state index is 12.4. The second-order valence-corrected chi connectivity index (χ2v) is 5.93. The number of amides is 1. The summed E-state index contributed by atoms with van der Waals surface area (Å²) in [5, 5.41) is 0. The molecule has 0 aromatic carbocycles. The Morgan fingerprint density at radius 1 is 1.00 bits per heavy atom. The molecule has 2 atom stereocenters. The van der Waals surface area contributed by atoms with Crippen molar-refractivity contribution >= 4 is 11.7 Å². The molecule has 2 aliphatic carbocycles. The van der Waals surface area contributed by atoms with Gasteiger partial charge in [-0.25, -0.2) is 0 Å². The van der Waals surface area contributed by atoms with Crippen LogP contribution in [-0.4, -0.2) is 29.7 Å². The van der Waals surface area contributed by atoms with Crippen LogP contribution in [0, 0.1) is 17.8 Å². The molecule has 1 heterocycles. The summed E-state index contributed by atoms with van der Waals surface area (Å²) >= 11 is 0. The average molecular weight is 235 g/mol. The van der Waals surface area contributed by atoms with Gasteiger partial charge in [-0.1, -0.05) is 6.42 Å². The molecule has 1 aliphatic heterocycles. The maximum Gasteiger partial charge on any atom is 0.225 e. The molecule has 3 rings (SSSR count). The minimum atomic E-state index is 0.154. The van der Waals surface area contributed by atoms with Gasteiger partial charge in [-0.2, -0.15) is 0 Å². The van der Waals surface area contributed by atoms with Gasteiger partial charge >= 0.3 is 0 Å². The van der Waals surface area contributed by atoms with Crippen molar-refractivity contribution in [3.63, 3.8) is 0 Å². The molecule has 3 nitrogen and oxygen atoms in total. The Kier molecular flexibility index (Phi) is 2.93. The second kappa shape index (κ2) is 4.43. The quantitative estimate of drug-likeness (QED) is 0.697. The number of ketones is 1. The summed E-state index contributed by atoms with van der Waals surface area (Å²) in [7, 11) is 0. The monoisotopic (exact) mass is 235 g/mol. The van der Waals surface area contributed by atoms with Gasteiger partial charge in [0, 0.05) is 30.8 Å². The zero-order chi connectivity index (χ0) is 11.8. The molecule has 3 heteroatoms. The highest BCUT2D eigenvalue weighted by atomic mass is 16.2. The topological polar surface area (TPSA) is 37.4 Å². The molecule has 2 bridgehead atoms. The molecule has 2 saturated carbocycles. The van der Waals surface area contributed by atoms with E-state index in [1.54, 1.807) is 0 Å². The number of Topliss-reactive ketones (excluding diaryl/α,β-unsaturated/α-hetero) is 1. The Balaban J connectivity index is 1.68. The molecule has 0 N–H and O–H groups in total. The predicted octanol–water partition coefficient (Wildman–Crippen LogP) is 2.00. The Hall–Kier alpha value is -0.860. The third-order valence-corrected chi connectivity index (χ3v) is 4.81. The Labute approximate surface area is 103 Å². The van der Waals surface area contributed by atoms with Gasteiger partial charge in [-0.15, -0.1) is 0 Å². The van der Waals surface area contributed by atoms with E-state index in [0.29, 0.717) is 11.7 Å². The van der Waals surface area contributed by atoms with Crippen LogP contribution in [0.2, 0.25) is 0 Å². The lowest BCUT2D eigenvalue weighted by atomic mass is 9.67. The van der Waals surface area contributed by atoms with Crippen molar-refractivity contribution < 1.29 is 9.59 Å². The summed E-state index contributed by atoms with van der Waals surface area (Å²) in [6, 6.07) is 0. The molecule has 0 spiro atoms. The van der Waals surface area contributed by atoms with Gasteiger partial charge in [-0.05, 0) is 38.5 Å². The fourth-order valence-corrected chi connectivity index (χ4v) is 3.88. The first-order chi connectivity index (χ1) is 8.25. The number of hydrogen-bond acceptors (Lipinski definition) is 2. The number of nitrogens with zero attached hydrogens (tertiary/aromatic N) is 1. The van der Waals surface area contributed by atoms with Gasteiger partial charge in [0.15, 0.2) is 0 Å². The van der Waals surface area contributed by atoms with Crippen molar-refractivity contribution in [1.82, 2.24) is 4.90 Å². The lowest BCUT2D eigenvalue weighted by Gasteiger charge is -2.38. The maximum atomic E-state index is 12.4. The van der Waals surface area contributed by atoms with E-state index in [9.17, 15) is 9.59 Å². The van der Waals surface area contributed by atoms with Gasteiger partial charge in [0.05, 0.1) is 0 Å². The van der Waals surface area contributed by atoms with Crippen LogP contribution >= 0.6 is 0 Å². The molecule has 1 saturated heterocycles. The summed E-state index contributed by atoms with van der Waals surface area (Å²) in [6.45, 7) is 1.89. The molecule has 0 aromatic rings. The summed E-state index contributed by atoms with van der Waals surface area (Å²) in [5.41, 5.74) is 0. The zero-order valence-electron chi connectivity index (χ0n) is 10.4. The highest BCUT2D eigenvalue weighted by molar-refractivity contribution is 5.88. The van der Waals surface area contributed by atoms with E-state index in [4.69, 9.17) is 0 Å². The van der Waals surface area contributed by atoms with Crippen molar-refractivity contribution in [2.45, 2.75) is 44.9 Å². The van der Waals surface area contributed by atoms with Gasteiger partial charge in [0.1, 0.15) is 5.78 Å². The zero-order valence-corrected chi connectivity index (χ0v) is 10.4. The average Bonchev–Trinajstić information content (AvgIpc) is 2.81. The van der Waals surface area contributed by atoms with Gasteiger partial charge in [0.25, 0.3) is 0 Å². The molecule has 0 aromatic heterocycles. The van der Waals surface area contributed by atoms with Crippen LogP contribution in [0.25, 0.3) is 0 Å². The van der Waals surface area contributed by atoms with E-state index < -0.39 is 0 Å². The molecule has 94 valence electrons. The van der Waals surface area contributed by atoms with E-state index in [0.717, 1.165) is 51.6 Å². The number of fused-ring (bicyclic) bond motifs is 2. The number of rotatable bonds is 1. The van der Waals surface area contributed by atoms with E-state index in [1.807, 2.05) is 4.90 Å². The number of likely N-dealkylation sites (tertiary alicyclic amines) is 1. The SMILES string of the molecule is O=C1C2CCCC1CC(C(=O)N1CCCC1)C2. The number of carbonyl (C=O) groups excluding carboxylic acids is 2. The van der Waals surface area contributed by atoms with Crippen molar-refractivity contribution in [2.75, 3.05) is 13.1 Å². The summed E-state index contributed by atoms with van der Waals surface area (Å²) in [6.07, 6.45) is 7.23. The van der Waals surface area contributed by atoms with Gasteiger partial charge in [0.2, 0.25) is 5.91 Å². The number of hydrogen-bond donors (Lipinski definition) is 0. The first kappa shape index (κ1) is 11.2. The second-order valence-electron chi connectivity index (χ2n) is 5.93. The molecule has 2 unspecified atom stereocenters. The van der Waals surface area contributed by atoms with Crippen LogP contribution in [0.5, 0.6) is 0 Å². The van der Waals surface area contributed by atoms with Crippen molar-refractivity contribution in [3.05, 3.63) is 0 Å². The molecular formula is C14H21NO2. The first-order valence-corrected chi connectivity index (χ1v) is 7.08. The summed E-state index contributed by atoms with van der Waals surface area (Å²) < 4.78 is 0. The Bertz CT molecular complexity index is 317. The fraction of sp³-hybridized carbons (Fsp3) is 0.857. The number of carbonyl (C=O) groups is 2. The van der Waals surface area contributed by atoms with Gasteiger partial charge < -0.3 is 4.90 Å². The molecule has 3 fully saturated rings. The van der Waals surface area contributed by atoms with E-state index in [2.05, 4.69) is 0 Å². The Morgan fingerprint density at radius 2 is 1.59 bits per heavy atom. The third-order valence-electron chi connectivity index (χ3n) is 4.81. The lowest BCUT2D eigenvalue weighted by molar-refractivity contribution is -0.142. The van der Waals surface area contributed by atoms with Crippen LogP contribution < -0.4 is 0 Å². The smallest absolute Gasteiger partial charge is 0.225 e. The summed E-state index contributed by atoms with van der Waals surface area (Å²) in [5.74, 6) is 1.37. The minimum absolute atomic E-state index is 0.154. The van der Waals surface area contributed by atoms with E-state index >= 15 is 0 Å². The standard InChI is InChI=1S/C14H21NO2/c16-13-10-4-3-5-11(13)9-12(8-10)14(17)15-6-1-2-7-15/h10-12H,1-9H2. The fourth-order valence-electron chi connectivity index (χ4n) is 3.88. The van der Waals surface area contributed by atoms with Crippen LogP contribution in [0.15, 0.2) is 0 Å². The molecule has 0 radical (unpaired) electrons. The van der Waals surface area contributed by atoms with Crippen LogP contribution in [-0.2, 0) is 9.59 Å². The van der Waals surface area contributed by atoms with Crippen molar-refractivity contribution in [1.29, 1.82) is 0 Å². The van der Waals surface area contributed by atoms with E-state index in [-0.39, 0.29) is 17.8 Å². The normalized spacial score (nSPS) is 37.3. The Morgan fingerprint density at radius 3 is 2.18 bits per heavy atom. The molecule has 17 heavy (non-hydrogen) atoms. The molecular weight excluding hydrogens is 214 g/mol. The predicted molar refractivity (Wildman–Crippen MR) is 64.4 cm³/mol. The lowest BCUT2D eigenvalue weighted by Crippen LogP contribution is -2.43. The molecule has 3 aliphatic rings. The van der Waals surface area contributed by atoms with Crippen LogP contribution in [0.1, 0.15) is 44.9 Å². The largest absolute Gasteiger partial charge is 0.342 e. The minimum Gasteiger partial charge on any atom is -0.342 e. The third kappa shape index (κ3) is 2.00. The summed E-state index contributed by atoms with van der Waals surface area (Å²) in [4.78, 5) is 26.3. The molecule has 1 amide bonds. The van der Waals surface area contributed by atoms with Crippen molar-refractivity contribution in [2.24, 2.45) is 17.8 Å². The van der Waals surface area contributed by atoms with E-state index in [1.165, 1.54) is 6.42 Å². The van der Waals surface area contributed by atoms with Crippen molar-refractivity contribution in [3.8, 4) is 0 Å². The first-order valence-electron chi connectivity index (χ1n) is 7.08. The highest BCUT2D eigenvalue weighted by Crippen LogP contribution is 2.40. The van der Waals surface area contributed by atoms with Crippen LogP contribution in [0.4, 0.5) is 0 Å².